The minimum absolute atomic E-state index is 0.151. The Bertz CT molecular complexity index is 377. The van der Waals surface area contributed by atoms with Crippen LogP contribution in [0.1, 0.15) is 34.1 Å². The lowest BCUT2D eigenvalue weighted by Crippen LogP contribution is -2.44. The fourth-order valence-electron chi connectivity index (χ4n) is 3.05. The van der Waals surface area contributed by atoms with E-state index in [9.17, 15) is 9.59 Å². The number of carbonyl (C=O) groups excluding carboxylic acids is 2. The second kappa shape index (κ2) is 3.69. The van der Waals surface area contributed by atoms with Crippen molar-refractivity contribution in [2.24, 2.45) is 23.2 Å². The van der Waals surface area contributed by atoms with E-state index in [1.165, 1.54) is 0 Å². The van der Waals surface area contributed by atoms with Gasteiger partial charge in [0.1, 0.15) is 11.9 Å². The topological polar surface area (TPSA) is 43.4 Å². The highest BCUT2D eigenvalue weighted by Gasteiger charge is 2.58. The van der Waals surface area contributed by atoms with Gasteiger partial charge in [-0.3, -0.25) is 4.79 Å². The Balaban J connectivity index is 2.26. The maximum Gasteiger partial charge on any atom is 0.313 e. The summed E-state index contributed by atoms with van der Waals surface area (Å²) in [6.45, 7) is 7.43. The van der Waals surface area contributed by atoms with Crippen LogP contribution in [0, 0.1) is 23.2 Å². The Morgan fingerprint density at radius 3 is 2.59 bits per heavy atom. The Labute approximate surface area is 102 Å². The van der Waals surface area contributed by atoms with Gasteiger partial charge in [-0.15, -0.1) is 0 Å². The monoisotopic (exact) mass is 236 g/mol. The molecular formula is C14H20O3. The first kappa shape index (κ1) is 12.3. The third-order valence-corrected chi connectivity index (χ3v) is 4.03. The lowest BCUT2D eigenvalue weighted by Gasteiger charge is -2.36. The van der Waals surface area contributed by atoms with Crippen LogP contribution in [-0.2, 0) is 14.3 Å². The average Bonchev–Trinajstić information content (AvgIpc) is 2.74. The lowest BCUT2D eigenvalue weighted by atomic mass is 9.70. The Kier molecular flexibility index (Phi) is 2.68. The summed E-state index contributed by atoms with van der Waals surface area (Å²) < 4.78 is 5.48. The van der Waals surface area contributed by atoms with Crippen LogP contribution < -0.4 is 0 Å². The van der Waals surface area contributed by atoms with E-state index >= 15 is 0 Å². The molecule has 4 atom stereocenters. The van der Waals surface area contributed by atoms with Crippen molar-refractivity contribution in [2.75, 3.05) is 0 Å². The van der Waals surface area contributed by atoms with Crippen LogP contribution in [-0.4, -0.2) is 17.9 Å². The number of ether oxygens (including phenoxy) is 1. The van der Waals surface area contributed by atoms with Gasteiger partial charge in [-0.2, -0.15) is 0 Å². The van der Waals surface area contributed by atoms with Crippen molar-refractivity contribution < 1.29 is 14.3 Å². The van der Waals surface area contributed by atoms with Gasteiger partial charge < -0.3 is 9.53 Å². The molecule has 4 unspecified atom stereocenters. The summed E-state index contributed by atoms with van der Waals surface area (Å²) in [5.41, 5.74) is -1.17. The summed E-state index contributed by atoms with van der Waals surface area (Å²) in [7, 11) is 0. The van der Waals surface area contributed by atoms with Crippen molar-refractivity contribution in [1.82, 2.24) is 0 Å². The molecule has 2 bridgehead atoms. The fraction of sp³-hybridized carbons (Fsp3) is 0.714. The zero-order valence-corrected chi connectivity index (χ0v) is 10.9. The Hall–Kier alpha value is -1.12. The summed E-state index contributed by atoms with van der Waals surface area (Å²) in [4.78, 5) is 23.6. The Morgan fingerprint density at radius 2 is 2.06 bits per heavy atom. The second-order valence-electron chi connectivity index (χ2n) is 6.34. The van der Waals surface area contributed by atoms with Gasteiger partial charge in [-0.25, -0.2) is 0 Å². The molecule has 0 aromatic carbocycles. The highest BCUT2D eigenvalue weighted by atomic mass is 16.6. The van der Waals surface area contributed by atoms with Gasteiger partial charge in [0.2, 0.25) is 0 Å². The van der Waals surface area contributed by atoms with E-state index in [1.807, 2.05) is 27.7 Å². The quantitative estimate of drug-likeness (QED) is 0.420. The SMILES string of the molecule is CC(C)(C)OC(=O)C1(C)C2C=CC(C2)C1C=O. The number of carbonyl (C=O) groups is 2. The summed E-state index contributed by atoms with van der Waals surface area (Å²) in [5, 5.41) is 0. The number of aldehydes is 1. The molecule has 0 aromatic rings. The Morgan fingerprint density at radius 1 is 1.41 bits per heavy atom. The van der Waals surface area contributed by atoms with Crippen LogP contribution in [0.15, 0.2) is 12.2 Å². The molecule has 0 radical (unpaired) electrons. The van der Waals surface area contributed by atoms with Gasteiger partial charge in [-0.05, 0) is 46.0 Å². The van der Waals surface area contributed by atoms with Crippen molar-refractivity contribution in [3.63, 3.8) is 0 Å². The van der Waals surface area contributed by atoms with Gasteiger partial charge in [0.05, 0.1) is 5.41 Å². The standard InChI is InChI=1S/C14H20O3/c1-13(2,3)17-12(16)14(4)10-6-5-9(7-10)11(14)8-15/h5-6,8-11H,7H2,1-4H3. The number of hydrogen-bond donors (Lipinski definition) is 0. The predicted octanol–water partition coefficient (Wildman–Crippen LogP) is 2.36. The van der Waals surface area contributed by atoms with Crippen molar-refractivity contribution in [1.29, 1.82) is 0 Å². The molecule has 17 heavy (non-hydrogen) atoms. The van der Waals surface area contributed by atoms with Crippen molar-refractivity contribution in [2.45, 2.75) is 39.7 Å². The molecular weight excluding hydrogens is 216 g/mol. The zero-order valence-electron chi connectivity index (χ0n) is 10.9. The molecule has 0 heterocycles. The molecule has 2 aliphatic carbocycles. The summed E-state index contributed by atoms with van der Waals surface area (Å²) >= 11 is 0. The molecule has 2 rings (SSSR count). The number of allylic oxidation sites excluding steroid dienone is 2. The van der Waals surface area contributed by atoms with Crippen LogP contribution in [0.4, 0.5) is 0 Å². The summed E-state index contributed by atoms with van der Waals surface area (Å²) in [5.74, 6) is -0.0983. The minimum Gasteiger partial charge on any atom is -0.460 e. The minimum atomic E-state index is -0.672. The van der Waals surface area contributed by atoms with E-state index in [1.54, 1.807) is 0 Å². The first-order valence-electron chi connectivity index (χ1n) is 6.16. The number of rotatable bonds is 2. The van der Waals surface area contributed by atoms with Crippen molar-refractivity contribution >= 4 is 12.3 Å². The molecule has 0 amide bonds. The molecule has 0 aromatic heterocycles. The van der Waals surface area contributed by atoms with Gasteiger partial charge in [0.25, 0.3) is 0 Å². The van der Waals surface area contributed by atoms with Crippen LogP contribution in [0.2, 0.25) is 0 Å². The smallest absolute Gasteiger partial charge is 0.313 e. The zero-order chi connectivity index (χ0) is 12.8. The molecule has 2 aliphatic rings. The van der Waals surface area contributed by atoms with Gasteiger partial charge in [0.15, 0.2) is 0 Å². The normalized spacial score (nSPS) is 39.4. The first-order valence-corrected chi connectivity index (χ1v) is 6.16. The van der Waals surface area contributed by atoms with Crippen LogP contribution in [0.5, 0.6) is 0 Å². The molecule has 3 nitrogen and oxygen atoms in total. The lowest BCUT2D eigenvalue weighted by molar-refractivity contribution is -0.172. The van der Waals surface area contributed by atoms with Gasteiger partial charge in [-0.1, -0.05) is 12.2 Å². The van der Waals surface area contributed by atoms with E-state index in [0.29, 0.717) is 0 Å². The molecule has 3 heteroatoms. The fourth-order valence-corrected chi connectivity index (χ4v) is 3.05. The van der Waals surface area contributed by atoms with Crippen LogP contribution in [0.25, 0.3) is 0 Å². The number of fused-ring (bicyclic) bond motifs is 2. The maximum atomic E-state index is 12.3. The van der Waals surface area contributed by atoms with E-state index in [2.05, 4.69) is 12.2 Å². The largest absolute Gasteiger partial charge is 0.460 e. The highest BCUT2D eigenvalue weighted by molar-refractivity contribution is 5.83. The third-order valence-electron chi connectivity index (χ3n) is 4.03. The first-order chi connectivity index (χ1) is 7.79. The predicted molar refractivity (Wildman–Crippen MR) is 64.2 cm³/mol. The van der Waals surface area contributed by atoms with Crippen LogP contribution >= 0.6 is 0 Å². The maximum absolute atomic E-state index is 12.3. The van der Waals surface area contributed by atoms with Crippen LogP contribution in [0.3, 0.4) is 0 Å². The van der Waals surface area contributed by atoms with Crippen molar-refractivity contribution in [3.05, 3.63) is 12.2 Å². The number of esters is 1. The molecule has 0 saturated heterocycles. The van der Waals surface area contributed by atoms with Gasteiger partial charge in [0, 0.05) is 5.92 Å². The van der Waals surface area contributed by atoms with Gasteiger partial charge >= 0.3 is 5.97 Å². The highest BCUT2D eigenvalue weighted by Crippen LogP contribution is 2.56. The average molecular weight is 236 g/mol. The van der Waals surface area contributed by atoms with E-state index < -0.39 is 11.0 Å². The van der Waals surface area contributed by atoms with Crippen molar-refractivity contribution in [3.8, 4) is 0 Å². The summed E-state index contributed by atoms with van der Waals surface area (Å²) in [6, 6.07) is 0. The molecule has 94 valence electrons. The molecule has 1 saturated carbocycles. The van der Waals surface area contributed by atoms with E-state index in [0.717, 1.165) is 12.7 Å². The molecule has 0 spiro atoms. The molecule has 1 fully saturated rings. The summed E-state index contributed by atoms with van der Waals surface area (Å²) in [6.07, 6.45) is 5.96. The molecule has 0 aliphatic heterocycles. The number of hydrogen-bond acceptors (Lipinski definition) is 3. The van der Waals surface area contributed by atoms with E-state index in [-0.39, 0.29) is 23.7 Å². The van der Waals surface area contributed by atoms with E-state index in [4.69, 9.17) is 4.74 Å². The third kappa shape index (κ3) is 1.81. The molecule has 0 N–H and O–H groups in total. The second-order valence-corrected chi connectivity index (χ2v) is 6.34.